The van der Waals surface area contributed by atoms with Crippen molar-refractivity contribution in [2.24, 2.45) is 0 Å². The van der Waals surface area contributed by atoms with Crippen LogP contribution in [0, 0.1) is 0 Å². The van der Waals surface area contributed by atoms with E-state index in [0.29, 0.717) is 28.1 Å². The van der Waals surface area contributed by atoms with Gasteiger partial charge in [-0.15, -0.1) is 16.4 Å². The minimum Gasteiger partial charge on any atom is -0.497 e. The Labute approximate surface area is 197 Å². The van der Waals surface area contributed by atoms with Crippen LogP contribution in [0.25, 0.3) is 0 Å². The molecule has 1 amide bonds. The van der Waals surface area contributed by atoms with Crippen molar-refractivity contribution < 1.29 is 19.0 Å². The minimum absolute atomic E-state index is 0.0486. The van der Waals surface area contributed by atoms with Gasteiger partial charge in [0.15, 0.2) is 0 Å². The molecule has 9 nitrogen and oxygen atoms in total. The first kappa shape index (κ1) is 22.9. The van der Waals surface area contributed by atoms with Crippen LogP contribution in [0.5, 0.6) is 17.4 Å². The summed E-state index contributed by atoms with van der Waals surface area (Å²) in [6.07, 6.45) is 0. The molecule has 2 aromatic heterocycles. The van der Waals surface area contributed by atoms with Crippen molar-refractivity contribution in [2.45, 2.75) is 26.0 Å². The molecule has 0 aliphatic carbocycles. The van der Waals surface area contributed by atoms with Crippen LogP contribution in [-0.2, 0) is 6.61 Å². The minimum atomic E-state index is -0.187. The van der Waals surface area contributed by atoms with Gasteiger partial charge in [0.25, 0.3) is 5.91 Å². The lowest BCUT2D eigenvalue weighted by Crippen LogP contribution is -2.57. The van der Waals surface area contributed by atoms with Gasteiger partial charge in [-0.1, -0.05) is 0 Å². The second-order valence-electron chi connectivity index (χ2n) is 8.45. The maximum Gasteiger partial charge on any atom is 0.266 e. The molecule has 3 aromatic rings. The molecule has 1 fully saturated rings. The number of nitrogens with zero attached hydrogens (tertiary/aromatic N) is 2. The van der Waals surface area contributed by atoms with Gasteiger partial charge in [-0.3, -0.25) is 9.89 Å². The molecular formula is C23H29N5O4S. The number of hydrogen-bond donors (Lipinski definition) is 3. The summed E-state index contributed by atoms with van der Waals surface area (Å²) in [4.78, 5) is 15.7. The van der Waals surface area contributed by atoms with E-state index in [-0.39, 0.29) is 18.1 Å². The molecule has 0 unspecified atom stereocenters. The number of nitrogens with one attached hydrogen (secondary N) is 3. The molecule has 1 aliphatic rings. The van der Waals surface area contributed by atoms with E-state index in [1.807, 2.05) is 24.3 Å². The summed E-state index contributed by atoms with van der Waals surface area (Å²) in [7, 11) is 3.20. The van der Waals surface area contributed by atoms with E-state index in [0.717, 1.165) is 30.2 Å². The fourth-order valence-electron chi connectivity index (χ4n) is 3.68. The van der Waals surface area contributed by atoms with Crippen LogP contribution >= 0.6 is 11.3 Å². The summed E-state index contributed by atoms with van der Waals surface area (Å²) in [5.74, 6) is 2.03. The van der Waals surface area contributed by atoms with Crippen molar-refractivity contribution >= 4 is 28.1 Å². The summed E-state index contributed by atoms with van der Waals surface area (Å²) < 4.78 is 16.3. The molecule has 4 rings (SSSR count). The van der Waals surface area contributed by atoms with Gasteiger partial charge in [-0.2, -0.15) is 0 Å². The highest BCUT2D eigenvalue weighted by molar-refractivity contribution is 7.18. The van der Waals surface area contributed by atoms with Crippen LogP contribution in [0.4, 0.5) is 10.8 Å². The topological polar surface area (TPSA) is 101 Å². The zero-order chi connectivity index (χ0) is 23.4. The predicted octanol–water partition coefficient (Wildman–Crippen LogP) is 3.51. The third-order valence-corrected chi connectivity index (χ3v) is 6.44. The van der Waals surface area contributed by atoms with E-state index in [2.05, 4.69) is 39.6 Å². The largest absolute Gasteiger partial charge is 0.497 e. The Morgan fingerprint density at radius 1 is 1.18 bits per heavy atom. The number of rotatable bonds is 8. The van der Waals surface area contributed by atoms with E-state index in [1.54, 1.807) is 26.4 Å². The summed E-state index contributed by atoms with van der Waals surface area (Å²) in [5, 5.41) is 14.4. The number of benzene rings is 1. The third kappa shape index (κ3) is 5.77. The maximum atomic E-state index is 12.7. The Morgan fingerprint density at radius 3 is 2.64 bits per heavy atom. The van der Waals surface area contributed by atoms with E-state index in [4.69, 9.17) is 14.2 Å². The van der Waals surface area contributed by atoms with Gasteiger partial charge < -0.3 is 29.7 Å². The fraction of sp³-hybridized carbons (Fsp3) is 0.391. The van der Waals surface area contributed by atoms with Gasteiger partial charge >= 0.3 is 0 Å². The zero-order valence-electron chi connectivity index (χ0n) is 19.2. The highest BCUT2D eigenvalue weighted by Gasteiger charge is 2.27. The standard InChI is InChI=1S/C23H29N5O4S/c1-23(2)14-28(8-7-24-23)21-6-5-18(33-21)22(29)25-19-12-20(27-26-19)32-13-15-9-16(30-3)11-17(10-15)31-4/h5-6,9-12,24H,7-8,13-14H2,1-4H3,(H2,25,26,27,29). The summed E-state index contributed by atoms with van der Waals surface area (Å²) in [6.45, 7) is 7.39. The van der Waals surface area contributed by atoms with E-state index in [1.165, 1.54) is 11.3 Å². The Balaban J connectivity index is 1.34. The summed E-state index contributed by atoms with van der Waals surface area (Å²) >= 11 is 1.49. The van der Waals surface area contributed by atoms with Gasteiger partial charge in [0.1, 0.15) is 23.9 Å². The molecule has 0 bridgehead atoms. The van der Waals surface area contributed by atoms with Gasteiger partial charge in [-0.05, 0) is 43.7 Å². The number of aromatic amines is 1. The average Bonchev–Trinajstić information content (AvgIpc) is 3.46. The van der Waals surface area contributed by atoms with Crippen LogP contribution in [0.15, 0.2) is 36.4 Å². The van der Waals surface area contributed by atoms with Crippen LogP contribution < -0.4 is 29.7 Å². The summed E-state index contributed by atoms with van der Waals surface area (Å²) in [6, 6.07) is 11.0. The molecule has 1 aromatic carbocycles. The highest BCUT2D eigenvalue weighted by Crippen LogP contribution is 2.29. The lowest BCUT2D eigenvalue weighted by atomic mass is 10.0. The van der Waals surface area contributed by atoms with Crippen LogP contribution in [0.1, 0.15) is 29.1 Å². The quantitative estimate of drug-likeness (QED) is 0.462. The molecule has 0 radical (unpaired) electrons. The van der Waals surface area contributed by atoms with E-state index < -0.39 is 0 Å². The number of H-pyrrole nitrogens is 1. The fourth-order valence-corrected chi connectivity index (χ4v) is 4.61. The number of piperazine rings is 1. The van der Waals surface area contributed by atoms with Crippen molar-refractivity contribution in [1.29, 1.82) is 0 Å². The lowest BCUT2D eigenvalue weighted by Gasteiger charge is -2.39. The van der Waals surface area contributed by atoms with Crippen LogP contribution in [0.3, 0.4) is 0 Å². The molecule has 0 atom stereocenters. The number of hydrogen-bond acceptors (Lipinski definition) is 8. The molecule has 0 spiro atoms. The van der Waals surface area contributed by atoms with Crippen LogP contribution in [-0.4, -0.2) is 55.5 Å². The van der Waals surface area contributed by atoms with Gasteiger partial charge in [0, 0.05) is 37.3 Å². The maximum absolute atomic E-state index is 12.7. The summed E-state index contributed by atoms with van der Waals surface area (Å²) in [5.41, 5.74) is 0.925. The molecular weight excluding hydrogens is 442 g/mol. The molecule has 10 heteroatoms. The Kier molecular flexibility index (Phi) is 6.75. The number of aromatic nitrogens is 2. The SMILES string of the molecule is COc1cc(COc2cc(NC(=O)c3ccc(N4CCNC(C)(C)C4)s3)[nH]n2)cc(OC)c1. The smallest absolute Gasteiger partial charge is 0.266 e. The second kappa shape index (κ2) is 9.72. The Hall–Kier alpha value is -3.24. The normalized spacial score (nSPS) is 15.2. The Morgan fingerprint density at radius 2 is 1.94 bits per heavy atom. The first-order chi connectivity index (χ1) is 15.8. The number of anilines is 2. The third-order valence-electron chi connectivity index (χ3n) is 5.30. The predicted molar refractivity (Wildman–Crippen MR) is 129 cm³/mol. The van der Waals surface area contributed by atoms with Crippen molar-refractivity contribution in [3.8, 4) is 17.4 Å². The molecule has 3 N–H and O–H groups in total. The van der Waals surface area contributed by atoms with Crippen LogP contribution in [0.2, 0.25) is 0 Å². The number of thiophene rings is 1. The molecule has 0 saturated carbocycles. The van der Waals surface area contributed by atoms with Crippen molar-refractivity contribution in [1.82, 2.24) is 15.5 Å². The highest BCUT2D eigenvalue weighted by atomic mass is 32.1. The van der Waals surface area contributed by atoms with Crippen molar-refractivity contribution in [2.75, 3.05) is 44.1 Å². The Bertz CT molecular complexity index is 1090. The molecule has 3 heterocycles. The first-order valence-corrected chi connectivity index (χ1v) is 11.5. The first-order valence-electron chi connectivity index (χ1n) is 10.7. The van der Waals surface area contributed by atoms with Crippen molar-refractivity contribution in [3.05, 3.63) is 46.8 Å². The lowest BCUT2D eigenvalue weighted by molar-refractivity contribution is 0.103. The average molecular weight is 472 g/mol. The number of methoxy groups -OCH3 is 2. The zero-order valence-corrected chi connectivity index (χ0v) is 20.0. The monoisotopic (exact) mass is 471 g/mol. The van der Waals surface area contributed by atoms with Gasteiger partial charge in [-0.25, -0.2) is 0 Å². The molecule has 1 saturated heterocycles. The number of carbonyl (C=O) groups is 1. The van der Waals surface area contributed by atoms with Crippen molar-refractivity contribution in [3.63, 3.8) is 0 Å². The molecule has 33 heavy (non-hydrogen) atoms. The van der Waals surface area contributed by atoms with Gasteiger partial charge in [0.2, 0.25) is 5.88 Å². The van der Waals surface area contributed by atoms with E-state index in [9.17, 15) is 4.79 Å². The molecule has 176 valence electrons. The number of ether oxygens (including phenoxy) is 3. The number of amides is 1. The molecule has 1 aliphatic heterocycles. The second-order valence-corrected chi connectivity index (χ2v) is 9.52. The van der Waals surface area contributed by atoms with E-state index >= 15 is 0 Å². The van der Waals surface area contributed by atoms with Gasteiger partial charge in [0.05, 0.1) is 24.1 Å². The number of carbonyl (C=O) groups excluding carboxylic acids is 1.